The van der Waals surface area contributed by atoms with E-state index >= 15 is 0 Å². The van der Waals surface area contributed by atoms with Gasteiger partial charge < -0.3 is 5.73 Å². The van der Waals surface area contributed by atoms with Crippen molar-refractivity contribution in [2.75, 3.05) is 0 Å². The minimum Gasteiger partial charge on any atom is -0.323 e. The summed E-state index contributed by atoms with van der Waals surface area (Å²) < 4.78 is 0. The summed E-state index contributed by atoms with van der Waals surface area (Å²) in [7, 11) is 0. The molecule has 0 aromatic heterocycles. The van der Waals surface area contributed by atoms with Gasteiger partial charge in [-0.15, -0.1) is 0 Å². The Hall–Kier alpha value is -0.820. The van der Waals surface area contributed by atoms with Gasteiger partial charge >= 0.3 is 0 Å². The summed E-state index contributed by atoms with van der Waals surface area (Å²) in [5, 5.41) is 0. The van der Waals surface area contributed by atoms with E-state index < -0.39 is 0 Å². The Kier molecular flexibility index (Phi) is 1.37. The number of hydrogen-bond donors (Lipinski definition) is 1. The maximum atomic E-state index is 6.29. The van der Waals surface area contributed by atoms with Crippen LogP contribution in [0.2, 0.25) is 0 Å². The molecule has 2 aliphatic carbocycles. The number of nitrogens with two attached hydrogens (primary N) is 1. The van der Waals surface area contributed by atoms with Crippen LogP contribution < -0.4 is 5.73 Å². The first-order chi connectivity index (χ1) is 6.32. The van der Waals surface area contributed by atoms with E-state index in [-0.39, 0.29) is 0 Å². The SMILES string of the molecule is NC1c2ccccc2CCC12CC2. The van der Waals surface area contributed by atoms with Gasteiger partial charge in [0.2, 0.25) is 0 Å². The topological polar surface area (TPSA) is 26.0 Å². The van der Waals surface area contributed by atoms with Crippen molar-refractivity contribution in [1.29, 1.82) is 0 Å². The zero-order valence-electron chi connectivity index (χ0n) is 7.79. The zero-order valence-corrected chi connectivity index (χ0v) is 7.79. The van der Waals surface area contributed by atoms with Crippen molar-refractivity contribution in [1.82, 2.24) is 0 Å². The fourth-order valence-electron chi connectivity index (χ4n) is 2.66. The van der Waals surface area contributed by atoms with Gasteiger partial charge in [-0.25, -0.2) is 0 Å². The molecule has 1 aromatic rings. The van der Waals surface area contributed by atoms with Gasteiger partial charge in [0.1, 0.15) is 0 Å². The van der Waals surface area contributed by atoms with Crippen LogP contribution in [0, 0.1) is 5.41 Å². The second-order valence-corrected chi connectivity index (χ2v) is 4.54. The molecule has 2 N–H and O–H groups in total. The minimum absolute atomic E-state index is 0.317. The molecule has 0 radical (unpaired) electrons. The van der Waals surface area contributed by atoms with Crippen molar-refractivity contribution < 1.29 is 0 Å². The lowest BCUT2D eigenvalue weighted by Gasteiger charge is -2.31. The molecule has 2 aliphatic rings. The molecule has 3 rings (SSSR count). The smallest absolute Gasteiger partial charge is 0.0354 e. The van der Waals surface area contributed by atoms with Gasteiger partial charge in [0.25, 0.3) is 0 Å². The van der Waals surface area contributed by atoms with Crippen LogP contribution in [-0.2, 0) is 6.42 Å². The highest BCUT2D eigenvalue weighted by Gasteiger charge is 2.50. The molecule has 1 spiro atoms. The molecule has 68 valence electrons. The Morgan fingerprint density at radius 2 is 1.92 bits per heavy atom. The van der Waals surface area contributed by atoms with Crippen molar-refractivity contribution in [3.05, 3.63) is 35.4 Å². The van der Waals surface area contributed by atoms with Crippen LogP contribution in [0.5, 0.6) is 0 Å². The van der Waals surface area contributed by atoms with E-state index in [4.69, 9.17) is 5.73 Å². The number of fused-ring (bicyclic) bond motifs is 1. The first kappa shape index (κ1) is 7.57. The number of rotatable bonds is 0. The quantitative estimate of drug-likeness (QED) is 0.640. The summed E-state index contributed by atoms with van der Waals surface area (Å²) in [6.45, 7) is 0. The Morgan fingerprint density at radius 1 is 1.15 bits per heavy atom. The molecule has 0 bridgehead atoms. The minimum atomic E-state index is 0.317. The van der Waals surface area contributed by atoms with E-state index in [1.165, 1.54) is 36.8 Å². The summed E-state index contributed by atoms with van der Waals surface area (Å²) >= 11 is 0. The Balaban J connectivity index is 2.08. The van der Waals surface area contributed by atoms with Gasteiger partial charge in [-0.05, 0) is 42.2 Å². The van der Waals surface area contributed by atoms with E-state index in [0.717, 1.165) is 0 Å². The third-order valence-electron chi connectivity index (χ3n) is 3.83. The average molecular weight is 173 g/mol. The van der Waals surface area contributed by atoms with Crippen LogP contribution in [0.4, 0.5) is 0 Å². The fourth-order valence-corrected chi connectivity index (χ4v) is 2.66. The third kappa shape index (κ3) is 0.969. The summed E-state index contributed by atoms with van der Waals surface area (Å²) in [6, 6.07) is 8.98. The van der Waals surface area contributed by atoms with Crippen molar-refractivity contribution in [2.45, 2.75) is 31.7 Å². The Bertz CT molecular complexity index is 339. The molecular formula is C12H15N. The normalized spacial score (nSPS) is 28.5. The van der Waals surface area contributed by atoms with Gasteiger partial charge in [-0.2, -0.15) is 0 Å². The molecule has 13 heavy (non-hydrogen) atoms. The maximum Gasteiger partial charge on any atom is 0.0354 e. The van der Waals surface area contributed by atoms with Crippen LogP contribution in [0.1, 0.15) is 36.4 Å². The van der Waals surface area contributed by atoms with Gasteiger partial charge in [-0.3, -0.25) is 0 Å². The first-order valence-corrected chi connectivity index (χ1v) is 5.15. The summed E-state index contributed by atoms with van der Waals surface area (Å²) in [5.74, 6) is 0. The average Bonchev–Trinajstić information content (AvgIpc) is 2.94. The predicted molar refractivity (Wildman–Crippen MR) is 53.4 cm³/mol. The lowest BCUT2D eigenvalue weighted by atomic mass is 9.78. The van der Waals surface area contributed by atoms with Gasteiger partial charge in [0, 0.05) is 6.04 Å². The zero-order chi connectivity index (χ0) is 8.89. The van der Waals surface area contributed by atoms with Crippen LogP contribution in [0.3, 0.4) is 0 Å². The molecule has 1 fully saturated rings. The highest BCUT2D eigenvalue weighted by Crippen LogP contribution is 2.59. The van der Waals surface area contributed by atoms with Crippen molar-refractivity contribution in [3.8, 4) is 0 Å². The van der Waals surface area contributed by atoms with E-state index in [9.17, 15) is 0 Å². The van der Waals surface area contributed by atoms with Crippen LogP contribution in [0.25, 0.3) is 0 Å². The fraction of sp³-hybridized carbons (Fsp3) is 0.500. The number of hydrogen-bond acceptors (Lipinski definition) is 1. The molecule has 0 aliphatic heterocycles. The van der Waals surface area contributed by atoms with Crippen LogP contribution in [0.15, 0.2) is 24.3 Å². The third-order valence-corrected chi connectivity index (χ3v) is 3.83. The molecule has 1 atom stereocenters. The molecule has 1 nitrogen and oxygen atoms in total. The monoisotopic (exact) mass is 173 g/mol. The highest BCUT2D eigenvalue weighted by atomic mass is 14.8. The van der Waals surface area contributed by atoms with Crippen molar-refractivity contribution >= 4 is 0 Å². The largest absolute Gasteiger partial charge is 0.323 e. The van der Waals surface area contributed by atoms with Crippen molar-refractivity contribution in [3.63, 3.8) is 0 Å². The lowest BCUT2D eigenvalue weighted by molar-refractivity contribution is 0.354. The van der Waals surface area contributed by atoms with E-state index in [2.05, 4.69) is 24.3 Å². The summed E-state index contributed by atoms with van der Waals surface area (Å²) in [6.07, 6.45) is 5.25. The molecule has 1 saturated carbocycles. The van der Waals surface area contributed by atoms with Gasteiger partial charge in [-0.1, -0.05) is 24.3 Å². The van der Waals surface area contributed by atoms with E-state index in [1.54, 1.807) is 0 Å². The van der Waals surface area contributed by atoms with Gasteiger partial charge in [0.05, 0.1) is 0 Å². The molecule has 1 aromatic carbocycles. The molecule has 0 saturated heterocycles. The van der Waals surface area contributed by atoms with E-state index in [0.29, 0.717) is 11.5 Å². The Labute approximate surface area is 78.9 Å². The summed E-state index contributed by atoms with van der Waals surface area (Å²) in [4.78, 5) is 0. The van der Waals surface area contributed by atoms with Gasteiger partial charge in [0.15, 0.2) is 0 Å². The standard InChI is InChI=1S/C12H15N/c13-11-10-4-2-1-3-9(10)5-6-12(11)7-8-12/h1-4,11H,5-8,13H2. The molecule has 0 amide bonds. The second-order valence-electron chi connectivity index (χ2n) is 4.54. The maximum absolute atomic E-state index is 6.29. The predicted octanol–water partition coefficient (Wildman–Crippen LogP) is 2.41. The number of benzene rings is 1. The van der Waals surface area contributed by atoms with E-state index in [1.807, 2.05) is 0 Å². The van der Waals surface area contributed by atoms with Crippen LogP contribution >= 0.6 is 0 Å². The highest BCUT2D eigenvalue weighted by molar-refractivity contribution is 5.35. The lowest BCUT2D eigenvalue weighted by Crippen LogP contribution is -2.28. The molecular weight excluding hydrogens is 158 g/mol. The first-order valence-electron chi connectivity index (χ1n) is 5.15. The molecule has 1 unspecified atom stereocenters. The Morgan fingerprint density at radius 3 is 2.69 bits per heavy atom. The van der Waals surface area contributed by atoms with Crippen LogP contribution in [-0.4, -0.2) is 0 Å². The molecule has 1 heteroatoms. The van der Waals surface area contributed by atoms with Crippen molar-refractivity contribution in [2.24, 2.45) is 11.1 Å². The number of aryl methyl sites for hydroxylation is 1. The second kappa shape index (κ2) is 2.36. The molecule has 0 heterocycles. The summed E-state index contributed by atoms with van der Waals surface area (Å²) in [5.41, 5.74) is 9.68.